The van der Waals surface area contributed by atoms with Gasteiger partial charge in [0, 0.05) is 41.5 Å². The van der Waals surface area contributed by atoms with Crippen LogP contribution in [0.3, 0.4) is 0 Å². The molecule has 1 fully saturated rings. The van der Waals surface area contributed by atoms with Crippen LogP contribution < -0.4 is 25.7 Å². The van der Waals surface area contributed by atoms with Crippen LogP contribution in [0.15, 0.2) is 60.0 Å². The van der Waals surface area contributed by atoms with Gasteiger partial charge in [0.25, 0.3) is 5.56 Å². The molecule has 0 spiro atoms. The fraction of sp³-hybridized carbons (Fsp3) is 0.312. The number of rotatable bonds is 10. The van der Waals surface area contributed by atoms with Gasteiger partial charge in [0.2, 0.25) is 11.9 Å². The highest BCUT2D eigenvalue weighted by molar-refractivity contribution is 6.41. The van der Waals surface area contributed by atoms with E-state index in [0.29, 0.717) is 52.7 Å². The van der Waals surface area contributed by atoms with Gasteiger partial charge in [0.05, 0.1) is 29.8 Å². The minimum atomic E-state index is -0.324. The van der Waals surface area contributed by atoms with E-state index < -0.39 is 0 Å². The van der Waals surface area contributed by atoms with Crippen molar-refractivity contribution in [3.63, 3.8) is 0 Å². The number of aryl methyl sites for hydroxylation is 2. The van der Waals surface area contributed by atoms with Crippen molar-refractivity contribution in [2.75, 3.05) is 45.0 Å². The van der Waals surface area contributed by atoms with Gasteiger partial charge in [-0.15, -0.1) is 0 Å². The van der Waals surface area contributed by atoms with Gasteiger partial charge in [0.1, 0.15) is 17.1 Å². The van der Waals surface area contributed by atoms with Gasteiger partial charge in [-0.2, -0.15) is 4.98 Å². The summed E-state index contributed by atoms with van der Waals surface area (Å²) in [6, 6.07) is 10.9. The lowest BCUT2D eigenvalue weighted by atomic mass is 10.0. The third-order valence-corrected chi connectivity index (χ3v) is 8.50. The molecule has 0 bridgehead atoms. The Bertz CT molecular complexity index is 1720. The molecule has 12 heteroatoms. The van der Waals surface area contributed by atoms with Crippen LogP contribution >= 0.6 is 23.2 Å². The Morgan fingerprint density at radius 3 is 2.36 bits per heavy atom. The third-order valence-electron chi connectivity index (χ3n) is 7.75. The quantitative estimate of drug-likeness (QED) is 0.215. The predicted octanol–water partition coefficient (Wildman–Crippen LogP) is 5.66. The number of ether oxygens (including phenoxy) is 2. The maximum atomic E-state index is 14.3. The molecule has 1 aliphatic heterocycles. The average molecular weight is 638 g/mol. The number of fused-ring (bicyclic) bond motifs is 1. The molecule has 0 aliphatic carbocycles. The van der Waals surface area contributed by atoms with E-state index in [0.717, 1.165) is 31.5 Å². The summed E-state index contributed by atoms with van der Waals surface area (Å²) >= 11 is 13.5. The van der Waals surface area contributed by atoms with Crippen molar-refractivity contribution in [1.29, 1.82) is 0 Å². The summed E-state index contributed by atoms with van der Waals surface area (Å²) in [5.74, 6) is 0.829. The van der Waals surface area contributed by atoms with Gasteiger partial charge in [-0.25, -0.2) is 4.98 Å². The van der Waals surface area contributed by atoms with Crippen LogP contribution in [-0.2, 0) is 17.8 Å². The molecule has 4 aromatic rings. The molecule has 5 rings (SSSR count). The first-order valence-corrected chi connectivity index (χ1v) is 15.0. The van der Waals surface area contributed by atoms with Gasteiger partial charge < -0.3 is 25.0 Å². The normalized spacial score (nSPS) is 13.9. The van der Waals surface area contributed by atoms with Crippen LogP contribution in [-0.4, -0.2) is 65.7 Å². The summed E-state index contributed by atoms with van der Waals surface area (Å²) in [6.07, 6.45) is 5.38. The first-order chi connectivity index (χ1) is 21.2. The second-order valence-corrected chi connectivity index (χ2v) is 11.4. The Labute approximate surface area is 265 Å². The van der Waals surface area contributed by atoms with Crippen LogP contribution in [0, 0.1) is 0 Å². The Morgan fingerprint density at radius 1 is 1.09 bits per heavy atom. The molecule has 44 heavy (non-hydrogen) atoms. The summed E-state index contributed by atoms with van der Waals surface area (Å²) in [6.45, 7) is 5.76. The largest absolute Gasteiger partial charge is 0.495 e. The van der Waals surface area contributed by atoms with E-state index in [1.54, 1.807) is 22.9 Å². The molecule has 1 saturated heterocycles. The van der Waals surface area contributed by atoms with Gasteiger partial charge in [-0.1, -0.05) is 41.9 Å². The lowest BCUT2D eigenvalue weighted by molar-refractivity contribution is -0.111. The first kappa shape index (κ1) is 31.3. The molecule has 1 aliphatic rings. The number of carbonyl (C=O) groups is 1. The van der Waals surface area contributed by atoms with Crippen molar-refractivity contribution in [2.45, 2.75) is 31.8 Å². The summed E-state index contributed by atoms with van der Waals surface area (Å²) < 4.78 is 12.5. The third kappa shape index (κ3) is 6.67. The first-order valence-electron chi connectivity index (χ1n) is 14.2. The number of nitrogens with zero attached hydrogens (tertiary/aromatic N) is 4. The second kappa shape index (κ2) is 13.7. The van der Waals surface area contributed by atoms with E-state index in [1.165, 1.54) is 20.3 Å². The molecule has 0 saturated carbocycles. The summed E-state index contributed by atoms with van der Waals surface area (Å²) in [7, 11) is 5.08. The van der Waals surface area contributed by atoms with Gasteiger partial charge in [-0.05, 0) is 69.2 Å². The van der Waals surface area contributed by atoms with Crippen LogP contribution in [0.5, 0.6) is 11.5 Å². The molecule has 10 nitrogen and oxygen atoms in total. The lowest BCUT2D eigenvalue weighted by Gasteiger charge is -2.29. The topological polar surface area (TPSA) is 111 Å². The number of likely N-dealkylation sites (tertiary alicyclic amines) is 1. The molecule has 0 unspecified atom stereocenters. The SMILES string of the molecule is C=CC(=O)Nc1ccc(CCn2c(=O)c(-c3c(Cl)c(OC)cc(OC)c3Cl)cc3cnc(NC4CCN(C)CC4)nc32)cc1. The summed E-state index contributed by atoms with van der Waals surface area (Å²) in [4.78, 5) is 37.6. The number of benzene rings is 2. The highest BCUT2D eigenvalue weighted by Gasteiger charge is 2.24. The molecule has 0 radical (unpaired) electrons. The Morgan fingerprint density at radius 2 is 1.75 bits per heavy atom. The fourth-order valence-corrected chi connectivity index (χ4v) is 5.97. The predicted molar refractivity (Wildman–Crippen MR) is 175 cm³/mol. The number of hydrogen-bond acceptors (Lipinski definition) is 8. The molecule has 2 N–H and O–H groups in total. The lowest BCUT2D eigenvalue weighted by Crippen LogP contribution is -2.37. The number of aromatic nitrogens is 3. The van der Waals surface area contributed by atoms with E-state index in [-0.39, 0.29) is 33.1 Å². The molecule has 2 aromatic heterocycles. The van der Waals surface area contributed by atoms with Crippen molar-refractivity contribution in [2.24, 2.45) is 0 Å². The number of piperidine rings is 1. The number of hydrogen-bond donors (Lipinski definition) is 2. The molecule has 0 atom stereocenters. The molecule has 3 heterocycles. The van der Waals surface area contributed by atoms with E-state index in [4.69, 9.17) is 37.7 Å². The fourth-order valence-electron chi connectivity index (χ4n) is 5.26. The van der Waals surface area contributed by atoms with Gasteiger partial charge in [0.15, 0.2) is 0 Å². The van der Waals surface area contributed by atoms with Crippen LogP contribution in [0.2, 0.25) is 10.0 Å². The number of halogens is 2. The maximum absolute atomic E-state index is 14.3. The van der Waals surface area contributed by atoms with Crippen molar-refractivity contribution in [3.05, 3.63) is 81.2 Å². The Kier molecular flexibility index (Phi) is 9.73. The molecule has 230 valence electrons. The zero-order valence-corrected chi connectivity index (χ0v) is 26.3. The van der Waals surface area contributed by atoms with E-state index >= 15 is 0 Å². The number of amides is 1. The van der Waals surface area contributed by atoms with Crippen molar-refractivity contribution in [1.82, 2.24) is 19.4 Å². The molecule has 2 aromatic carbocycles. The highest BCUT2D eigenvalue weighted by atomic mass is 35.5. The summed E-state index contributed by atoms with van der Waals surface area (Å²) in [5, 5.41) is 7.22. The van der Waals surface area contributed by atoms with E-state index in [1.807, 2.05) is 24.3 Å². The monoisotopic (exact) mass is 636 g/mol. The summed E-state index contributed by atoms with van der Waals surface area (Å²) in [5.41, 5.74) is 2.35. The van der Waals surface area contributed by atoms with Crippen LogP contribution in [0.4, 0.5) is 11.6 Å². The number of carbonyl (C=O) groups excluding carboxylic acids is 1. The van der Waals surface area contributed by atoms with Gasteiger partial charge >= 0.3 is 0 Å². The number of anilines is 2. The standard InChI is InChI=1S/C32H34Cl2N6O4/c1-5-26(41)36-21-8-6-19(7-9-21)10-15-40-30-20(18-35-32(38-30)37-22-11-13-39(2)14-12-22)16-23(31(40)42)27-28(33)24(43-3)17-25(44-4)29(27)34/h5-9,16-18,22H,1,10-15H2,2-4H3,(H,36,41)(H,35,37,38). The average Bonchev–Trinajstić information content (AvgIpc) is 3.03. The highest BCUT2D eigenvalue weighted by Crippen LogP contribution is 2.45. The van der Waals surface area contributed by atoms with Crippen molar-refractivity contribution < 1.29 is 14.3 Å². The number of nitrogens with one attached hydrogen (secondary N) is 2. The zero-order chi connectivity index (χ0) is 31.4. The smallest absolute Gasteiger partial charge is 0.260 e. The van der Waals surface area contributed by atoms with Crippen LogP contribution in [0.25, 0.3) is 22.2 Å². The Hall–Kier alpha value is -4.12. The zero-order valence-electron chi connectivity index (χ0n) is 24.8. The second-order valence-electron chi connectivity index (χ2n) is 10.6. The molecular formula is C32H34Cl2N6O4. The van der Waals surface area contributed by atoms with Crippen molar-refractivity contribution >= 4 is 51.8 Å². The van der Waals surface area contributed by atoms with Gasteiger partial charge in [-0.3, -0.25) is 14.2 Å². The van der Waals surface area contributed by atoms with E-state index in [2.05, 4.69) is 34.1 Å². The van der Waals surface area contributed by atoms with Crippen molar-refractivity contribution in [3.8, 4) is 22.6 Å². The minimum absolute atomic E-state index is 0.194. The number of methoxy groups -OCH3 is 2. The van der Waals surface area contributed by atoms with Crippen LogP contribution in [0.1, 0.15) is 18.4 Å². The van der Waals surface area contributed by atoms with E-state index in [9.17, 15) is 9.59 Å². The Balaban J connectivity index is 1.58. The maximum Gasteiger partial charge on any atom is 0.260 e. The minimum Gasteiger partial charge on any atom is -0.495 e. The molecule has 1 amide bonds. The number of pyridine rings is 1. The molecular weight excluding hydrogens is 603 g/mol.